The number of hydrogen-bond acceptors (Lipinski definition) is 0. The third-order valence-corrected chi connectivity index (χ3v) is 27.7. The molecule has 8 aromatic carbocycles. The lowest BCUT2D eigenvalue weighted by atomic mass is 9.94. The van der Waals surface area contributed by atoms with Crippen LogP contribution in [-0.2, 0) is 0 Å². The van der Waals surface area contributed by atoms with Gasteiger partial charge in [0.15, 0.2) is 0 Å². The van der Waals surface area contributed by atoms with Gasteiger partial charge in [0, 0.05) is 32.9 Å². The summed E-state index contributed by atoms with van der Waals surface area (Å²) in [7, 11) is -3.36. The summed E-state index contributed by atoms with van der Waals surface area (Å²) < 4.78 is 5.11. The van der Waals surface area contributed by atoms with Crippen molar-refractivity contribution in [3.63, 3.8) is 0 Å². The van der Waals surface area contributed by atoms with Crippen LogP contribution >= 0.6 is 0 Å². The maximum absolute atomic E-state index is 2.63. The van der Waals surface area contributed by atoms with E-state index in [0.29, 0.717) is 0 Å². The van der Waals surface area contributed by atoms with Gasteiger partial charge in [0.2, 0.25) is 0 Å². The molecule has 0 atom stereocenters. The highest BCUT2D eigenvalue weighted by molar-refractivity contribution is 6.92. The van der Waals surface area contributed by atoms with Gasteiger partial charge >= 0.3 is 0 Å². The fourth-order valence-corrected chi connectivity index (χ4v) is 23.8. The molecule has 0 aliphatic carbocycles. The molecule has 2 aromatic heterocycles. The standard InChI is InChI=1S/C66H72N2Si2/c1-7-35-69(36-8-2,37-9-3)57-31-33-65-61(47-57)59-27-19-21-29-63(59)67(65)55-43-51(49-23-15-13-16-24-49)41-53(45-55)54-42-52(50-25-17-14-18-26-50)44-56(46-54)68-64-30-22-20-28-60(64)62-48-58(32-34-66(62)68)70(38-10-4,39-11-5)40-12-6/h13-34,41-48H,7-12,35-40H2,1-6H3. The Hall–Kier alpha value is -6.21. The Morgan fingerprint density at radius 1 is 0.271 bits per heavy atom. The third kappa shape index (κ3) is 8.72. The lowest BCUT2D eigenvalue weighted by molar-refractivity contribution is 0.937. The van der Waals surface area contributed by atoms with Gasteiger partial charge in [-0.15, -0.1) is 0 Å². The summed E-state index contributed by atoms with van der Waals surface area (Å²) >= 11 is 0. The van der Waals surface area contributed by atoms with E-state index in [1.807, 2.05) is 0 Å². The van der Waals surface area contributed by atoms with Crippen molar-refractivity contribution in [1.29, 1.82) is 0 Å². The van der Waals surface area contributed by atoms with Gasteiger partial charge in [-0.25, -0.2) is 0 Å². The summed E-state index contributed by atoms with van der Waals surface area (Å²) in [6.45, 7) is 14.4. The number of rotatable bonds is 19. The first-order chi connectivity index (χ1) is 34.4. The Morgan fingerprint density at radius 3 is 0.914 bits per heavy atom. The smallest absolute Gasteiger partial charge is 0.0867 e. The molecular weight excluding hydrogens is 877 g/mol. The molecule has 0 fully saturated rings. The zero-order valence-electron chi connectivity index (χ0n) is 42.7. The molecule has 0 saturated heterocycles. The van der Waals surface area contributed by atoms with Crippen LogP contribution in [-0.4, -0.2) is 25.3 Å². The van der Waals surface area contributed by atoms with Crippen molar-refractivity contribution in [3.8, 4) is 44.8 Å². The molecule has 4 heteroatoms. The fourth-order valence-electron chi connectivity index (χ4n) is 13.1. The monoisotopic (exact) mass is 949 g/mol. The fraction of sp³-hybridized carbons (Fsp3) is 0.273. The molecule has 70 heavy (non-hydrogen) atoms. The molecule has 0 aliphatic rings. The summed E-state index contributed by atoms with van der Waals surface area (Å²) in [5, 5.41) is 8.70. The van der Waals surface area contributed by atoms with E-state index in [-0.39, 0.29) is 0 Å². The molecule has 0 radical (unpaired) electrons. The van der Waals surface area contributed by atoms with Crippen molar-refractivity contribution in [3.05, 3.63) is 182 Å². The largest absolute Gasteiger partial charge is 0.309 e. The molecule has 0 amide bonds. The summed E-state index contributed by atoms with van der Waals surface area (Å²) in [5.41, 5.74) is 14.7. The molecule has 2 heterocycles. The van der Waals surface area contributed by atoms with E-state index in [2.05, 4.69) is 233 Å². The van der Waals surface area contributed by atoms with Crippen LogP contribution < -0.4 is 10.4 Å². The van der Waals surface area contributed by atoms with Crippen LogP contribution in [0.1, 0.15) is 80.1 Å². The number of hydrogen-bond donors (Lipinski definition) is 0. The Kier molecular flexibility index (Phi) is 14.0. The predicted molar refractivity (Wildman–Crippen MR) is 313 cm³/mol. The summed E-state index contributed by atoms with van der Waals surface area (Å²) in [4.78, 5) is 0. The van der Waals surface area contributed by atoms with Gasteiger partial charge in [-0.1, -0.05) is 248 Å². The maximum atomic E-state index is 2.63. The van der Waals surface area contributed by atoms with Gasteiger partial charge in [-0.05, 0) is 94.0 Å². The molecular formula is C66H72N2Si2. The van der Waals surface area contributed by atoms with Gasteiger partial charge in [-0.3, -0.25) is 0 Å². The zero-order chi connectivity index (χ0) is 48.2. The number of benzene rings is 8. The molecule has 0 N–H and O–H groups in total. The lowest BCUT2D eigenvalue weighted by Crippen LogP contribution is -2.47. The second-order valence-corrected chi connectivity index (χ2v) is 29.8. The quantitative estimate of drug-likeness (QED) is 0.0715. The minimum atomic E-state index is -1.68. The molecule has 2 nitrogen and oxygen atoms in total. The van der Waals surface area contributed by atoms with Crippen LogP contribution in [0.15, 0.2) is 182 Å². The van der Waals surface area contributed by atoms with Gasteiger partial charge in [0.05, 0.1) is 38.2 Å². The molecule has 0 aliphatic heterocycles. The summed E-state index contributed by atoms with van der Waals surface area (Å²) in [6, 6.07) is 78.3. The molecule has 10 aromatic rings. The van der Waals surface area contributed by atoms with Crippen molar-refractivity contribution in [2.75, 3.05) is 0 Å². The van der Waals surface area contributed by atoms with Crippen LogP contribution in [0, 0.1) is 0 Å². The van der Waals surface area contributed by atoms with Crippen molar-refractivity contribution in [2.45, 2.75) is 116 Å². The highest BCUT2D eigenvalue weighted by atomic mass is 28.3. The van der Waals surface area contributed by atoms with Gasteiger partial charge < -0.3 is 9.13 Å². The molecule has 354 valence electrons. The van der Waals surface area contributed by atoms with Crippen LogP contribution in [0.2, 0.25) is 36.3 Å². The van der Waals surface area contributed by atoms with Crippen LogP contribution in [0.4, 0.5) is 0 Å². The molecule has 0 saturated carbocycles. The lowest BCUT2D eigenvalue weighted by Gasteiger charge is -2.32. The first-order valence-corrected chi connectivity index (χ1v) is 32.1. The van der Waals surface area contributed by atoms with E-state index in [1.54, 1.807) is 10.4 Å². The summed E-state index contributed by atoms with van der Waals surface area (Å²) in [6.07, 6.45) is 7.53. The highest BCUT2D eigenvalue weighted by Gasteiger charge is 2.34. The number of fused-ring (bicyclic) bond motifs is 6. The van der Waals surface area contributed by atoms with Crippen LogP contribution in [0.3, 0.4) is 0 Å². The van der Waals surface area contributed by atoms with E-state index in [1.165, 1.54) is 163 Å². The van der Waals surface area contributed by atoms with Crippen molar-refractivity contribution in [1.82, 2.24) is 9.13 Å². The van der Waals surface area contributed by atoms with Gasteiger partial charge in [0.1, 0.15) is 0 Å². The van der Waals surface area contributed by atoms with Crippen molar-refractivity contribution >= 4 is 70.1 Å². The Morgan fingerprint density at radius 2 is 0.571 bits per heavy atom. The van der Waals surface area contributed by atoms with Crippen LogP contribution in [0.25, 0.3) is 88.4 Å². The predicted octanol–water partition coefficient (Wildman–Crippen LogP) is 18.7. The minimum Gasteiger partial charge on any atom is -0.309 e. The second-order valence-electron chi connectivity index (χ2n) is 20.5. The van der Waals surface area contributed by atoms with E-state index >= 15 is 0 Å². The average Bonchev–Trinajstić information content (AvgIpc) is 3.92. The second kappa shape index (κ2) is 20.6. The Labute approximate surface area is 420 Å². The molecule has 0 spiro atoms. The van der Waals surface area contributed by atoms with E-state index in [0.717, 1.165) is 0 Å². The Bertz CT molecular complexity index is 3150. The average molecular weight is 949 g/mol. The molecule has 10 rings (SSSR count). The molecule has 0 bridgehead atoms. The first kappa shape index (κ1) is 47.5. The van der Waals surface area contributed by atoms with Crippen molar-refractivity contribution < 1.29 is 0 Å². The van der Waals surface area contributed by atoms with E-state index in [4.69, 9.17) is 0 Å². The Balaban J connectivity index is 1.22. The van der Waals surface area contributed by atoms with Gasteiger partial charge in [-0.2, -0.15) is 0 Å². The van der Waals surface area contributed by atoms with E-state index < -0.39 is 16.1 Å². The van der Waals surface area contributed by atoms with Crippen molar-refractivity contribution in [2.24, 2.45) is 0 Å². The van der Waals surface area contributed by atoms with E-state index in [9.17, 15) is 0 Å². The zero-order valence-corrected chi connectivity index (χ0v) is 44.7. The number of nitrogens with zero attached hydrogens (tertiary/aromatic N) is 2. The minimum absolute atomic E-state index is 1.18. The first-order valence-electron chi connectivity index (χ1n) is 26.9. The SMILES string of the molecule is CCC[Si](CCC)(CCC)c1ccc2c(c1)c1ccccc1n2-c1cc(-c2ccccc2)cc(-c2cc(-c3ccccc3)cc(-n3c4ccccc4c4cc([Si](CCC)(CCC)CCC)ccc43)c2)c1. The summed E-state index contributed by atoms with van der Waals surface area (Å²) in [5.74, 6) is 0. The topological polar surface area (TPSA) is 9.86 Å². The molecule has 0 unspecified atom stereocenters. The van der Waals surface area contributed by atoms with Crippen LogP contribution in [0.5, 0.6) is 0 Å². The van der Waals surface area contributed by atoms with Gasteiger partial charge in [0.25, 0.3) is 0 Å². The maximum Gasteiger partial charge on any atom is 0.0867 e. The number of para-hydroxylation sites is 2. The highest BCUT2D eigenvalue weighted by Crippen LogP contribution is 2.41. The number of aromatic nitrogens is 2. The third-order valence-electron chi connectivity index (χ3n) is 15.8. The normalized spacial score (nSPS) is 12.3.